The molecule has 1 aromatic heterocycles. The number of nitrogens with zero attached hydrogens (tertiary/aromatic N) is 1. The maximum Gasteiger partial charge on any atom is 0.323 e. The second-order valence-corrected chi connectivity index (χ2v) is 5.46. The van der Waals surface area contributed by atoms with Crippen LogP contribution >= 0.6 is 0 Å². The zero-order valence-electron chi connectivity index (χ0n) is 13.2. The van der Waals surface area contributed by atoms with E-state index in [2.05, 4.69) is 10.6 Å². The van der Waals surface area contributed by atoms with Gasteiger partial charge < -0.3 is 15.2 Å². The van der Waals surface area contributed by atoms with Gasteiger partial charge in [0.2, 0.25) is 0 Å². The lowest BCUT2D eigenvalue weighted by Gasteiger charge is -2.12. The molecule has 0 aliphatic carbocycles. The fourth-order valence-corrected chi connectivity index (χ4v) is 2.39. The molecule has 4 heteroatoms. The number of rotatable bonds is 3. The Hall–Kier alpha value is -3.01. The molecular formula is C19H19N3O. The highest BCUT2D eigenvalue weighted by atomic mass is 16.2. The summed E-state index contributed by atoms with van der Waals surface area (Å²) >= 11 is 0. The minimum atomic E-state index is -0.243. The topological polar surface area (TPSA) is 46.1 Å². The number of benzene rings is 2. The van der Waals surface area contributed by atoms with Crippen molar-refractivity contribution in [3.63, 3.8) is 0 Å². The molecule has 0 saturated carbocycles. The minimum absolute atomic E-state index is 0.243. The first kappa shape index (κ1) is 14.9. The van der Waals surface area contributed by atoms with Gasteiger partial charge in [0.1, 0.15) is 0 Å². The third-order valence-electron chi connectivity index (χ3n) is 3.88. The van der Waals surface area contributed by atoms with Gasteiger partial charge in [0.15, 0.2) is 0 Å². The van der Waals surface area contributed by atoms with Crippen molar-refractivity contribution in [1.29, 1.82) is 0 Å². The van der Waals surface area contributed by atoms with Gasteiger partial charge in [-0.05, 0) is 67.4 Å². The number of carbonyl (C=O) groups is 1. The summed E-state index contributed by atoms with van der Waals surface area (Å²) in [6.07, 6.45) is 3.96. The Balaban J connectivity index is 1.67. The molecule has 0 radical (unpaired) electrons. The van der Waals surface area contributed by atoms with Crippen LogP contribution < -0.4 is 10.6 Å². The predicted molar refractivity (Wildman–Crippen MR) is 94.3 cm³/mol. The molecule has 3 rings (SSSR count). The molecule has 2 aromatic carbocycles. The van der Waals surface area contributed by atoms with E-state index in [9.17, 15) is 4.79 Å². The average molecular weight is 305 g/mol. The second-order valence-electron chi connectivity index (χ2n) is 5.46. The van der Waals surface area contributed by atoms with Crippen LogP contribution in [0.15, 0.2) is 67.0 Å². The van der Waals surface area contributed by atoms with Crippen LogP contribution in [0.5, 0.6) is 0 Å². The van der Waals surface area contributed by atoms with Gasteiger partial charge in [0, 0.05) is 29.5 Å². The number of urea groups is 1. The van der Waals surface area contributed by atoms with Gasteiger partial charge in [-0.25, -0.2) is 4.79 Å². The number of hydrogen-bond donors (Lipinski definition) is 2. The van der Waals surface area contributed by atoms with E-state index in [1.807, 2.05) is 85.4 Å². The zero-order valence-corrected chi connectivity index (χ0v) is 13.2. The Morgan fingerprint density at radius 2 is 1.57 bits per heavy atom. The van der Waals surface area contributed by atoms with Gasteiger partial charge in [-0.1, -0.05) is 12.1 Å². The highest BCUT2D eigenvalue weighted by Gasteiger charge is 2.06. The minimum Gasteiger partial charge on any atom is -0.324 e. The summed E-state index contributed by atoms with van der Waals surface area (Å²) < 4.78 is 2.01. The molecular weight excluding hydrogens is 286 g/mol. The molecule has 0 fully saturated rings. The van der Waals surface area contributed by atoms with Crippen molar-refractivity contribution in [2.24, 2.45) is 0 Å². The number of amides is 2. The highest BCUT2D eigenvalue weighted by Crippen LogP contribution is 2.19. The van der Waals surface area contributed by atoms with Crippen LogP contribution in [0.25, 0.3) is 5.69 Å². The molecule has 0 bridgehead atoms. The summed E-state index contributed by atoms with van der Waals surface area (Å²) in [5.41, 5.74) is 4.86. The van der Waals surface area contributed by atoms with E-state index in [4.69, 9.17) is 0 Å². The monoisotopic (exact) mass is 305 g/mol. The lowest BCUT2D eigenvalue weighted by molar-refractivity contribution is 0.262. The summed E-state index contributed by atoms with van der Waals surface area (Å²) in [5.74, 6) is 0. The summed E-state index contributed by atoms with van der Waals surface area (Å²) in [4.78, 5) is 12.1. The van der Waals surface area contributed by atoms with Gasteiger partial charge >= 0.3 is 6.03 Å². The average Bonchev–Trinajstić information content (AvgIpc) is 3.07. The van der Waals surface area contributed by atoms with Crippen molar-refractivity contribution in [3.05, 3.63) is 78.1 Å². The third-order valence-corrected chi connectivity index (χ3v) is 3.88. The summed E-state index contributed by atoms with van der Waals surface area (Å²) in [6.45, 7) is 4.02. The standard InChI is InChI=1S/C19H19N3O/c1-14-6-5-7-18(15(14)2)21-19(23)20-16-8-10-17(11-9-16)22-12-3-4-13-22/h3-13H,1-2H3,(H2,20,21,23). The fraction of sp³-hybridized carbons (Fsp3) is 0.105. The van der Waals surface area contributed by atoms with Gasteiger partial charge in [-0.2, -0.15) is 0 Å². The number of aryl methyl sites for hydroxylation is 1. The molecule has 3 aromatic rings. The van der Waals surface area contributed by atoms with E-state index >= 15 is 0 Å². The van der Waals surface area contributed by atoms with Gasteiger partial charge in [-0.15, -0.1) is 0 Å². The van der Waals surface area contributed by atoms with E-state index in [0.717, 1.165) is 28.2 Å². The summed E-state index contributed by atoms with van der Waals surface area (Å²) in [6, 6.07) is 17.3. The van der Waals surface area contributed by atoms with Crippen LogP contribution in [0.2, 0.25) is 0 Å². The second kappa shape index (κ2) is 6.40. The molecule has 23 heavy (non-hydrogen) atoms. The van der Waals surface area contributed by atoms with Crippen molar-refractivity contribution >= 4 is 17.4 Å². The van der Waals surface area contributed by atoms with E-state index < -0.39 is 0 Å². The summed E-state index contributed by atoms with van der Waals surface area (Å²) in [7, 11) is 0. The lowest BCUT2D eigenvalue weighted by atomic mass is 10.1. The molecule has 0 spiro atoms. The Bertz CT molecular complexity index is 805. The molecule has 0 unspecified atom stereocenters. The van der Waals surface area contributed by atoms with Crippen molar-refractivity contribution < 1.29 is 4.79 Å². The van der Waals surface area contributed by atoms with E-state index in [0.29, 0.717) is 0 Å². The molecule has 0 saturated heterocycles. The quantitative estimate of drug-likeness (QED) is 0.721. The first-order valence-electron chi connectivity index (χ1n) is 7.51. The molecule has 0 aliphatic heterocycles. The Morgan fingerprint density at radius 1 is 0.870 bits per heavy atom. The fourth-order valence-electron chi connectivity index (χ4n) is 2.39. The smallest absolute Gasteiger partial charge is 0.323 e. The normalized spacial score (nSPS) is 10.3. The van der Waals surface area contributed by atoms with Crippen molar-refractivity contribution in [3.8, 4) is 5.69 Å². The summed E-state index contributed by atoms with van der Waals surface area (Å²) in [5, 5.41) is 5.74. The molecule has 4 nitrogen and oxygen atoms in total. The molecule has 0 atom stereocenters. The van der Waals surface area contributed by atoms with Crippen LogP contribution in [-0.4, -0.2) is 10.6 Å². The molecule has 1 heterocycles. The molecule has 2 amide bonds. The molecule has 116 valence electrons. The maximum atomic E-state index is 12.1. The highest BCUT2D eigenvalue weighted by molar-refractivity contribution is 6.00. The number of nitrogens with one attached hydrogen (secondary N) is 2. The van der Waals surface area contributed by atoms with Crippen molar-refractivity contribution in [1.82, 2.24) is 4.57 Å². The molecule has 0 aliphatic rings. The zero-order chi connectivity index (χ0) is 16.2. The number of anilines is 2. The van der Waals surface area contributed by atoms with E-state index in [-0.39, 0.29) is 6.03 Å². The third kappa shape index (κ3) is 3.43. The van der Waals surface area contributed by atoms with Gasteiger partial charge in [-0.3, -0.25) is 0 Å². The first-order valence-corrected chi connectivity index (χ1v) is 7.51. The van der Waals surface area contributed by atoms with Crippen LogP contribution in [0.4, 0.5) is 16.2 Å². The van der Waals surface area contributed by atoms with Crippen LogP contribution in [0.3, 0.4) is 0 Å². The van der Waals surface area contributed by atoms with E-state index in [1.165, 1.54) is 0 Å². The van der Waals surface area contributed by atoms with Gasteiger partial charge in [0.05, 0.1) is 0 Å². The van der Waals surface area contributed by atoms with Gasteiger partial charge in [0.25, 0.3) is 0 Å². The van der Waals surface area contributed by atoms with Crippen LogP contribution in [0.1, 0.15) is 11.1 Å². The molecule has 2 N–H and O–H groups in total. The number of carbonyl (C=O) groups excluding carboxylic acids is 1. The SMILES string of the molecule is Cc1cccc(NC(=O)Nc2ccc(-n3cccc3)cc2)c1C. The Morgan fingerprint density at radius 3 is 2.26 bits per heavy atom. The van der Waals surface area contributed by atoms with Crippen LogP contribution in [-0.2, 0) is 0 Å². The largest absolute Gasteiger partial charge is 0.324 e. The Labute approximate surface area is 135 Å². The first-order chi connectivity index (χ1) is 11.1. The Kier molecular flexibility index (Phi) is 4.15. The van der Waals surface area contributed by atoms with Crippen LogP contribution in [0, 0.1) is 13.8 Å². The maximum absolute atomic E-state index is 12.1. The number of hydrogen-bond acceptors (Lipinski definition) is 1. The predicted octanol–water partition coefficient (Wildman–Crippen LogP) is 4.74. The number of aromatic nitrogens is 1. The lowest BCUT2D eigenvalue weighted by Crippen LogP contribution is -2.20. The van der Waals surface area contributed by atoms with Crippen molar-refractivity contribution in [2.45, 2.75) is 13.8 Å². The van der Waals surface area contributed by atoms with E-state index in [1.54, 1.807) is 0 Å². The van der Waals surface area contributed by atoms with Crippen molar-refractivity contribution in [2.75, 3.05) is 10.6 Å².